The van der Waals surface area contributed by atoms with E-state index in [4.69, 9.17) is 4.42 Å². The Morgan fingerprint density at radius 3 is 2.48 bits per heavy atom. The average molecular weight is 370 g/mol. The number of hydrogen-bond donors (Lipinski definition) is 1. The van der Waals surface area contributed by atoms with Crippen molar-refractivity contribution in [1.82, 2.24) is 15.1 Å². The molecule has 2 heterocycles. The van der Waals surface area contributed by atoms with E-state index < -0.39 is 9.84 Å². The molecule has 0 unspecified atom stereocenters. The van der Waals surface area contributed by atoms with Crippen LogP contribution in [0.2, 0.25) is 0 Å². The van der Waals surface area contributed by atoms with Gasteiger partial charge in [0.05, 0.1) is 18.6 Å². The number of carbonyl (C=O) groups excluding carboxylic acids is 1. The van der Waals surface area contributed by atoms with Crippen molar-refractivity contribution in [3.05, 3.63) is 24.2 Å². The van der Waals surface area contributed by atoms with Gasteiger partial charge in [0.25, 0.3) is 5.91 Å². The number of sulfone groups is 1. The van der Waals surface area contributed by atoms with E-state index in [0.29, 0.717) is 44.4 Å². The van der Waals surface area contributed by atoms with Gasteiger partial charge in [0.15, 0.2) is 21.6 Å². The maximum absolute atomic E-state index is 12.3. The number of rotatable bonds is 6. The van der Waals surface area contributed by atoms with Gasteiger partial charge in [0, 0.05) is 38.5 Å². The van der Waals surface area contributed by atoms with Crippen molar-refractivity contribution in [3.63, 3.8) is 0 Å². The lowest BCUT2D eigenvalue weighted by Gasteiger charge is -2.36. The van der Waals surface area contributed by atoms with E-state index in [9.17, 15) is 13.2 Å². The van der Waals surface area contributed by atoms with E-state index in [-0.39, 0.29) is 24.0 Å². The molecule has 9 heteroatoms. The monoisotopic (exact) mass is 370 g/mol. The SMILES string of the molecule is CCNC(=NCCS(=O)(=O)CC)N1CCN(C(=O)c2ccco2)CC1. The zero-order valence-corrected chi connectivity index (χ0v) is 15.6. The molecule has 0 spiro atoms. The summed E-state index contributed by atoms with van der Waals surface area (Å²) in [4.78, 5) is 20.5. The van der Waals surface area contributed by atoms with E-state index in [1.54, 1.807) is 24.0 Å². The van der Waals surface area contributed by atoms with Crippen LogP contribution in [0.15, 0.2) is 27.8 Å². The second kappa shape index (κ2) is 8.89. The van der Waals surface area contributed by atoms with Crippen molar-refractivity contribution in [3.8, 4) is 0 Å². The van der Waals surface area contributed by atoms with Crippen molar-refractivity contribution < 1.29 is 17.6 Å². The third-order valence-corrected chi connectivity index (χ3v) is 5.72. The smallest absolute Gasteiger partial charge is 0.289 e. The molecule has 1 saturated heterocycles. The Hall–Kier alpha value is -2.03. The Kier molecular flexibility index (Phi) is 6.86. The first kappa shape index (κ1) is 19.3. The van der Waals surface area contributed by atoms with Crippen LogP contribution in [0.3, 0.4) is 0 Å². The van der Waals surface area contributed by atoms with Crippen LogP contribution in [0, 0.1) is 0 Å². The quantitative estimate of drug-likeness (QED) is 0.577. The first-order valence-electron chi connectivity index (χ1n) is 8.53. The summed E-state index contributed by atoms with van der Waals surface area (Å²) < 4.78 is 28.3. The van der Waals surface area contributed by atoms with Gasteiger partial charge in [-0.1, -0.05) is 6.92 Å². The van der Waals surface area contributed by atoms with Gasteiger partial charge >= 0.3 is 0 Å². The number of hydrogen-bond acceptors (Lipinski definition) is 5. The minimum absolute atomic E-state index is 0.0509. The van der Waals surface area contributed by atoms with Gasteiger partial charge in [-0.25, -0.2) is 8.42 Å². The van der Waals surface area contributed by atoms with E-state index in [1.807, 2.05) is 11.8 Å². The van der Waals surface area contributed by atoms with Crippen molar-refractivity contribution in [2.75, 3.05) is 50.8 Å². The van der Waals surface area contributed by atoms with Gasteiger partial charge in [-0.2, -0.15) is 0 Å². The summed E-state index contributed by atoms with van der Waals surface area (Å²) in [6, 6.07) is 3.36. The van der Waals surface area contributed by atoms with Crippen LogP contribution in [0.1, 0.15) is 24.4 Å². The lowest BCUT2D eigenvalue weighted by atomic mass is 10.3. The molecular formula is C16H26N4O4S. The minimum Gasteiger partial charge on any atom is -0.459 e. The standard InChI is InChI=1S/C16H26N4O4S/c1-3-17-16(18-7-13-25(22,23)4-2)20-10-8-19(9-11-20)15(21)14-6-5-12-24-14/h5-6,12H,3-4,7-11,13H2,1-2H3,(H,17,18). The van der Waals surface area contributed by atoms with Crippen molar-refractivity contribution >= 4 is 21.7 Å². The molecule has 1 fully saturated rings. The lowest BCUT2D eigenvalue weighted by Crippen LogP contribution is -2.53. The Bertz CT molecular complexity index is 677. The number of guanidine groups is 1. The molecule has 25 heavy (non-hydrogen) atoms. The molecule has 8 nitrogen and oxygen atoms in total. The van der Waals surface area contributed by atoms with E-state index in [2.05, 4.69) is 10.3 Å². The molecule has 1 aromatic heterocycles. The van der Waals surface area contributed by atoms with Gasteiger partial charge < -0.3 is 19.5 Å². The average Bonchev–Trinajstić information content (AvgIpc) is 3.15. The maximum Gasteiger partial charge on any atom is 0.289 e. The summed E-state index contributed by atoms with van der Waals surface area (Å²) in [5.41, 5.74) is 0. The molecular weight excluding hydrogens is 344 g/mol. The molecule has 1 aliphatic heterocycles. The lowest BCUT2D eigenvalue weighted by molar-refractivity contribution is 0.0657. The van der Waals surface area contributed by atoms with Crippen molar-refractivity contribution in [2.45, 2.75) is 13.8 Å². The fraction of sp³-hybridized carbons (Fsp3) is 0.625. The number of furan rings is 1. The highest BCUT2D eigenvalue weighted by Gasteiger charge is 2.25. The van der Waals surface area contributed by atoms with Crippen LogP contribution in [0.25, 0.3) is 0 Å². The van der Waals surface area contributed by atoms with Crippen LogP contribution in [0.4, 0.5) is 0 Å². The summed E-state index contributed by atoms with van der Waals surface area (Å²) in [5, 5.41) is 3.19. The van der Waals surface area contributed by atoms with Gasteiger partial charge in [-0.15, -0.1) is 0 Å². The van der Waals surface area contributed by atoms with Crippen LogP contribution >= 0.6 is 0 Å². The molecule has 140 valence electrons. The van der Waals surface area contributed by atoms with Gasteiger partial charge in [0.2, 0.25) is 0 Å². The zero-order valence-electron chi connectivity index (χ0n) is 14.8. The molecule has 0 aliphatic carbocycles. The Balaban J connectivity index is 1.92. The Morgan fingerprint density at radius 1 is 1.24 bits per heavy atom. The summed E-state index contributed by atoms with van der Waals surface area (Å²) in [6.45, 7) is 6.95. The molecule has 0 saturated carbocycles. The summed E-state index contributed by atoms with van der Waals surface area (Å²) in [5.74, 6) is 1.11. The van der Waals surface area contributed by atoms with Gasteiger partial charge in [-0.3, -0.25) is 9.79 Å². The highest BCUT2D eigenvalue weighted by Crippen LogP contribution is 2.09. The number of piperazine rings is 1. The minimum atomic E-state index is -3.02. The summed E-state index contributed by atoms with van der Waals surface area (Å²) in [6.07, 6.45) is 1.49. The van der Waals surface area contributed by atoms with Crippen molar-refractivity contribution in [1.29, 1.82) is 0 Å². The fourth-order valence-electron chi connectivity index (χ4n) is 2.54. The highest BCUT2D eigenvalue weighted by atomic mass is 32.2. The van der Waals surface area contributed by atoms with E-state index in [0.717, 1.165) is 0 Å². The number of nitrogens with zero attached hydrogens (tertiary/aromatic N) is 3. The molecule has 1 aliphatic rings. The molecule has 0 atom stereocenters. The Labute approximate surface area is 148 Å². The number of carbonyl (C=O) groups is 1. The van der Waals surface area contributed by atoms with Gasteiger partial charge in [-0.05, 0) is 19.1 Å². The molecule has 0 aromatic carbocycles. The predicted molar refractivity (Wildman–Crippen MR) is 96.5 cm³/mol. The molecule has 0 bridgehead atoms. The van der Waals surface area contributed by atoms with Crippen LogP contribution in [-0.4, -0.2) is 80.9 Å². The zero-order chi connectivity index (χ0) is 18.3. The van der Waals surface area contributed by atoms with Crippen LogP contribution in [-0.2, 0) is 9.84 Å². The Morgan fingerprint density at radius 2 is 1.92 bits per heavy atom. The number of nitrogens with one attached hydrogen (secondary N) is 1. The van der Waals surface area contributed by atoms with Gasteiger partial charge in [0.1, 0.15) is 0 Å². The predicted octanol–water partition coefficient (Wildman–Crippen LogP) is 0.438. The largest absolute Gasteiger partial charge is 0.459 e. The third-order valence-electron chi connectivity index (χ3n) is 4.04. The van der Waals surface area contributed by atoms with Crippen LogP contribution < -0.4 is 5.32 Å². The third kappa shape index (κ3) is 5.48. The van der Waals surface area contributed by atoms with Crippen LogP contribution in [0.5, 0.6) is 0 Å². The number of aliphatic imine (C=N–C) groups is 1. The maximum atomic E-state index is 12.3. The number of amides is 1. The fourth-order valence-corrected chi connectivity index (χ4v) is 3.20. The molecule has 1 aromatic rings. The topological polar surface area (TPSA) is 95.2 Å². The molecule has 1 N–H and O–H groups in total. The first-order valence-corrected chi connectivity index (χ1v) is 10.4. The summed E-state index contributed by atoms with van der Waals surface area (Å²) in [7, 11) is -3.02. The second-order valence-electron chi connectivity index (χ2n) is 5.73. The summed E-state index contributed by atoms with van der Waals surface area (Å²) >= 11 is 0. The molecule has 0 radical (unpaired) electrons. The first-order chi connectivity index (χ1) is 12.0. The van der Waals surface area contributed by atoms with E-state index >= 15 is 0 Å². The van der Waals surface area contributed by atoms with E-state index in [1.165, 1.54) is 6.26 Å². The van der Waals surface area contributed by atoms with Crippen molar-refractivity contribution in [2.24, 2.45) is 4.99 Å². The second-order valence-corrected chi connectivity index (χ2v) is 8.20. The molecule has 1 amide bonds. The highest BCUT2D eigenvalue weighted by molar-refractivity contribution is 7.91. The molecule has 2 rings (SSSR count). The normalized spacial score (nSPS) is 16.2.